The van der Waals surface area contributed by atoms with E-state index in [1.165, 1.54) is 0 Å². The Bertz CT molecular complexity index is 2710. The summed E-state index contributed by atoms with van der Waals surface area (Å²) in [6.45, 7) is 1.96. The van der Waals surface area contributed by atoms with E-state index in [2.05, 4.69) is 34.8 Å². The Balaban J connectivity index is 1.48. The van der Waals surface area contributed by atoms with Crippen molar-refractivity contribution in [2.24, 2.45) is 0 Å². The van der Waals surface area contributed by atoms with Gasteiger partial charge < -0.3 is 206 Å². The Kier molecular flexibility index (Phi) is 64.9. The number of ether oxygens (including phenoxy) is 22. The minimum atomic E-state index is -4.92. The lowest BCUT2D eigenvalue weighted by molar-refractivity contribution is -0.301. The fourth-order valence-electron chi connectivity index (χ4n) is 11.2. The number of carboxylic acid groups (broad SMARTS) is 1. The standard InChI is InChI=1S/C70H133N4O49P3/c75-53(71-9-14-101-19-24-106-29-32-109-35-38-112-41-44-115-67-64(87)61(84)58(81)50(121-67)47-118-124(90,91)92)1-6-70(74-56(78)4-12-99-17-22-104-27-28-105-23-18-100-13-5-57(79)80,7-2-54(76)72-10-15-102-20-25-107-30-33-110-36-39-113-42-45-116-68-65(88)62(85)59(82)51(122-68)48-119-125(93,94)95)8-3-55(77)73-11-16-103-21-26-108-31-34-111-37-40-114-43-46-117-69-66(89)63(86)60(83)52(123-69)49-120-126(96,97)98/h50-52,58-69,81-89H,1-49H2,(H,71,75)(H,72,76)(H,73,77)(H,74,78)(H,79,80)(H2,90,91,92)(H2,93,94,95)(H2,96,97,98)/t50-,51-,52-,58-,59-,60-,61+,62+,63+,64+,65+,66+,67+,68+,69+/m1/s1. The van der Waals surface area contributed by atoms with Gasteiger partial charge in [0, 0.05) is 50.9 Å². The van der Waals surface area contributed by atoms with Crippen molar-refractivity contribution in [1.82, 2.24) is 21.3 Å². The van der Waals surface area contributed by atoms with Crippen molar-refractivity contribution < 1.29 is 236 Å². The van der Waals surface area contributed by atoms with Gasteiger partial charge >= 0.3 is 29.4 Å². The number of carbonyl (C=O) groups excluding carboxylic acids is 4. The van der Waals surface area contributed by atoms with Gasteiger partial charge in [-0.05, 0) is 19.3 Å². The summed E-state index contributed by atoms with van der Waals surface area (Å²) in [6.07, 6.45) is -25.0. The summed E-state index contributed by atoms with van der Waals surface area (Å²) in [7, 11) is -14.8. The van der Waals surface area contributed by atoms with E-state index in [0.717, 1.165) is 0 Å². The highest BCUT2D eigenvalue weighted by molar-refractivity contribution is 7.46. The highest BCUT2D eigenvalue weighted by Gasteiger charge is 2.48. The molecule has 56 heteroatoms. The van der Waals surface area contributed by atoms with Gasteiger partial charge in [0.2, 0.25) is 23.6 Å². The third-order valence-corrected chi connectivity index (χ3v) is 19.2. The van der Waals surface area contributed by atoms with Crippen LogP contribution in [0.15, 0.2) is 0 Å². The van der Waals surface area contributed by atoms with Crippen molar-refractivity contribution in [3.63, 3.8) is 0 Å². The van der Waals surface area contributed by atoms with Crippen molar-refractivity contribution in [3.05, 3.63) is 0 Å². The molecule has 0 bridgehead atoms. The summed E-state index contributed by atoms with van der Waals surface area (Å²) in [5, 5.41) is 111. The molecule has 0 saturated carbocycles. The Labute approximate surface area is 727 Å². The van der Waals surface area contributed by atoms with Gasteiger partial charge in [0.25, 0.3) is 0 Å². The minimum absolute atomic E-state index is 0.0000231. The second kappa shape index (κ2) is 70.2. The quantitative estimate of drug-likeness (QED) is 0.0199. The number of amides is 4. The second-order valence-electron chi connectivity index (χ2n) is 27.6. The van der Waals surface area contributed by atoms with E-state index >= 15 is 0 Å². The molecule has 0 spiro atoms. The van der Waals surface area contributed by atoms with Gasteiger partial charge in [-0.1, -0.05) is 0 Å². The zero-order chi connectivity index (χ0) is 92.7. The Morgan fingerprint density at radius 2 is 0.468 bits per heavy atom. The van der Waals surface area contributed by atoms with Crippen molar-refractivity contribution in [3.8, 4) is 0 Å². The number of nitrogens with one attached hydrogen (secondary N) is 4. The molecule has 0 unspecified atom stereocenters. The number of aliphatic hydroxyl groups excluding tert-OH is 9. The molecule has 3 fully saturated rings. The number of hydrogen-bond acceptors (Lipinski definition) is 42. The molecule has 0 aromatic heterocycles. The van der Waals surface area contributed by atoms with E-state index in [9.17, 15) is 83.6 Å². The fourth-order valence-corrected chi connectivity index (χ4v) is 12.2. The normalized spacial score (nSPS) is 23.2. The number of aliphatic carboxylic acids is 1. The van der Waals surface area contributed by atoms with Crippen LogP contribution >= 0.6 is 23.5 Å². The van der Waals surface area contributed by atoms with Crippen LogP contribution in [0, 0.1) is 0 Å². The third kappa shape index (κ3) is 58.5. The summed E-state index contributed by atoms with van der Waals surface area (Å²) in [5.74, 6) is -2.78. The maximum absolute atomic E-state index is 13.9. The van der Waals surface area contributed by atoms with Crippen LogP contribution in [0.5, 0.6) is 0 Å². The minimum Gasteiger partial charge on any atom is -0.481 e. The molecule has 53 nitrogen and oxygen atoms in total. The largest absolute Gasteiger partial charge is 0.481 e. The summed E-state index contributed by atoms with van der Waals surface area (Å²) in [6, 6.07) is 0. The van der Waals surface area contributed by atoms with Gasteiger partial charge in [-0.15, -0.1) is 0 Å². The lowest BCUT2D eigenvalue weighted by Gasteiger charge is -2.40. The van der Waals surface area contributed by atoms with Crippen molar-refractivity contribution >= 4 is 53.1 Å². The summed E-state index contributed by atoms with van der Waals surface area (Å²) >= 11 is 0. The maximum Gasteiger partial charge on any atom is 0.469 e. The van der Waals surface area contributed by atoms with Crippen LogP contribution in [-0.2, 0) is 155 Å². The number of carbonyl (C=O) groups is 5. The lowest BCUT2D eigenvalue weighted by atomic mass is 9.83. The molecule has 0 radical (unpaired) electrons. The van der Waals surface area contributed by atoms with Crippen LogP contribution in [0.2, 0.25) is 0 Å². The number of phosphoric ester groups is 3. The van der Waals surface area contributed by atoms with Gasteiger partial charge in [0.15, 0.2) is 18.9 Å². The molecule has 126 heavy (non-hydrogen) atoms. The molecule has 4 amide bonds. The average Bonchev–Trinajstić information content (AvgIpc) is 0.824. The van der Waals surface area contributed by atoms with Crippen molar-refractivity contribution in [2.45, 2.75) is 149 Å². The molecule has 0 aromatic rings. The Morgan fingerprint density at radius 3 is 0.690 bits per heavy atom. The SMILES string of the molecule is O=C(O)CCOCCOCCOCCOCCC(=O)NC(CCC(=O)NCCOCCOCCOCCOCCO[C@H]1O[C@H](COP(=O)(O)O)[C@@H](O)[C@H](O)[C@@H]1O)(CCC(=O)NCCOCCOCCOCCOCCO[C@H]1O[C@H](COP(=O)(O)O)[C@@H](O)[C@H](O)[C@@H]1O)CCC(=O)NCCOCCOCCOCCOCCO[C@H]1O[C@H](COP(=O)(O)O)[C@@H](O)[C@H](O)[C@@H]1O. The number of hydrogen-bond donors (Lipinski definition) is 20. The first-order valence-electron chi connectivity index (χ1n) is 40.8. The van der Waals surface area contributed by atoms with E-state index in [-0.39, 0.29) is 302 Å². The molecule has 3 heterocycles. The van der Waals surface area contributed by atoms with Crippen LogP contribution in [0.25, 0.3) is 0 Å². The molecule has 742 valence electrons. The van der Waals surface area contributed by atoms with Crippen molar-refractivity contribution in [1.29, 1.82) is 0 Å². The first-order chi connectivity index (χ1) is 60.2. The predicted octanol–water partition coefficient (Wildman–Crippen LogP) is -8.54. The van der Waals surface area contributed by atoms with E-state index in [1.807, 2.05) is 0 Å². The summed E-state index contributed by atoms with van der Waals surface area (Å²) in [4.78, 5) is 119. The maximum atomic E-state index is 13.9. The smallest absolute Gasteiger partial charge is 0.469 e. The molecule has 3 aliphatic heterocycles. The fraction of sp³-hybridized carbons (Fsp3) is 0.929. The molecular weight excluding hydrogens is 1770 g/mol. The first kappa shape index (κ1) is 117. The third-order valence-electron chi connectivity index (χ3n) is 17.8. The van der Waals surface area contributed by atoms with E-state index in [0.29, 0.717) is 0 Å². The monoisotopic (exact) mass is 1910 g/mol. The van der Waals surface area contributed by atoms with Gasteiger partial charge in [-0.2, -0.15) is 0 Å². The summed E-state index contributed by atoms with van der Waals surface area (Å²) in [5.41, 5.74) is -1.32. The van der Waals surface area contributed by atoms with Crippen LogP contribution in [-0.4, -0.2) is 478 Å². The number of rotatable bonds is 82. The molecule has 20 N–H and O–H groups in total. The Hall–Kier alpha value is -3.56. The molecule has 15 atom stereocenters. The topological polar surface area (TPSA) is 739 Å². The molecular formula is C70H133N4O49P3. The Morgan fingerprint density at radius 1 is 0.262 bits per heavy atom. The average molecular weight is 1910 g/mol. The van der Waals surface area contributed by atoms with Gasteiger partial charge in [-0.3, -0.25) is 37.5 Å². The first-order valence-corrected chi connectivity index (χ1v) is 45.4. The zero-order valence-electron chi connectivity index (χ0n) is 70.3. The molecule has 3 rings (SSSR count). The van der Waals surface area contributed by atoms with Crippen LogP contribution in [0.4, 0.5) is 0 Å². The lowest BCUT2D eigenvalue weighted by Crippen LogP contribution is -2.59. The van der Waals surface area contributed by atoms with E-state index in [1.54, 1.807) is 0 Å². The number of aliphatic hydroxyl groups is 9. The molecule has 0 aromatic carbocycles. The van der Waals surface area contributed by atoms with E-state index in [4.69, 9.17) is 139 Å². The highest BCUT2D eigenvalue weighted by Crippen LogP contribution is 2.39. The van der Waals surface area contributed by atoms with Gasteiger partial charge in [0.05, 0.1) is 257 Å². The predicted molar refractivity (Wildman–Crippen MR) is 419 cm³/mol. The molecule has 3 aliphatic rings. The van der Waals surface area contributed by atoms with Crippen LogP contribution in [0.1, 0.15) is 51.4 Å². The molecule has 0 aliphatic carbocycles. The van der Waals surface area contributed by atoms with Crippen LogP contribution < -0.4 is 21.3 Å². The highest BCUT2D eigenvalue weighted by atomic mass is 31.2. The zero-order valence-corrected chi connectivity index (χ0v) is 73.0. The van der Waals surface area contributed by atoms with Crippen LogP contribution in [0.3, 0.4) is 0 Å². The number of carboxylic acids is 1. The van der Waals surface area contributed by atoms with Gasteiger partial charge in [-0.25, -0.2) is 13.7 Å². The number of phosphoric acid groups is 3. The van der Waals surface area contributed by atoms with Gasteiger partial charge in [0.1, 0.15) is 73.2 Å². The van der Waals surface area contributed by atoms with E-state index < -0.39 is 171 Å². The second-order valence-corrected chi connectivity index (χ2v) is 31.3. The summed E-state index contributed by atoms with van der Waals surface area (Å²) < 4.78 is 166. The molecule has 3 saturated heterocycles. The van der Waals surface area contributed by atoms with Crippen molar-refractivity contribution in [2.75, 3.05) is 271 Å².